The van der Waals surface area contributed by atoms with Gasteiger partial charge in [-0.3, -0.25) is 14.5 Å². The third-order valence-corrected chi connectivity index (χ3v) is 5.03. The highest BCUT2D eigenvalue weighted by Crippen LogP contribution is 2.29. The topological polar surface area (TPSA) is 79.9 Å². The predicted octanol–water partition coefficient (Wildman–Crippen LogP) is 2.99. The summed E-state index contributed by atoms with van der Waals surface area (Å²) >= 11 is 0. The summed E-state index contributed by atoms with van der Waals surface area (Å²) < 4.78 is 10.5. The van der Waals surface area contributed by atoms with Gasteiger partial charge in [0.15, 0.2) is 11.5 Å². The van der Waals surface area contributed by atoms with Gasteiger partial charge in [0.2, 0.25) is 11.8 Å². The molecule has 7 heteroatoms. The molecule has 2 N–H and O–H groups in total. The number of carbonyl (C=O) groups is 2. The Labute approximate surface area is 171 Å². The van der Waals surface area contributed by atoms with Crippen molar-refractivity contribution in [2.24, 2.45) is 5.92 Å². The molecule has 0 bridgehead atoms. The SMILES string of the molecule is COc1ccc(NC(=O)CN2CCC(C(=O)Nc3ccccc3)CC2)cc1OC. The lowest BCUT2D eigenvalue weighted by molar-refractivity contribution is -0.121. The zero-order chi connectivity index (χ0) is 20.6. The van der Waals surface area contributed by atoms with E-state index in [0.29, 0.717) is 36.8 Å². The lowest BCUT2D eigenvalue weighted by Crippen LogP contribution is -2.41. The second-order valence-corrected chi connectivity index (χ2v) is 7.02. The number of methoxy groups -OCH3 is 2. The summed E-state index contributed by atoms with van der Waals surface area (Å²) in [6, 6.07) is 14.7. The van der Waals surface area contributed by atoms with E-state index < -0.39 is 0 Å². The van der Waals surface area contributed by atoms with Crippen molar-refractivity contribution in [1.29, 1.82) is 0 Å². The van der Waals surface area contributed by atoms with Crippen molar-refractivity contribution in [2.45, 2.75) is 12.8 Å². The first kappa shape index (κ1) is 20.7. The Morgan fingerprint density at radius 1 is 0.931 bits per heavy atom. The summed E-state index contributed by atoms with van der Waals surface area (Å²) in [5.74, 6) is 1.10. The van der Waals surface area contributed by atoms with E-state index >= 15 is 0 Å². The molecule has 0 saturated carbocycles. The quantitative estimate of drug-likeness (QED) is 0.751. The van der Waals surface area contributed by atoms with Gasteiger partial charge in [-0.1, -0.05) is 18.2 Å². The fourth-order valence-electron chi connectivity index (χ4n) is 3.44. The van der Waals surface area contributed by atoms with Gasteiger partial charge >= 0.3 is 0 Å². The van der Waals surface area contributed by atoms with Gasteiger partial charge in [0, 0.05) is 23.4 Å². The molecule has 3 rings (SSSR count). The fourth-order valence-corrected chi connectivity index (χ4v) is 3.44. The number of carbonyl (C=O) groups excluding carboxylic acids is 2. The molecule has 2 aromatic carbocycles. The molecule has 0 aromatic heterocycles. The average molecular weight is 397 g/mol. The van der Waals surface area contributed by atoms with Crippen molar-refractivity contribution in [3.8, 4) is 11.5 Å². The van der Waals surface area contributed by atoms with E-state index in [2.05, 4.69) is 15.5 Å². The number of hydrogen-bond donors (Lipinski definition) is 2. The molecular weight excluding hydrogens is 370 g/mol. The second kappa shape index (κ2) is 9.93. The van der Waals surface area contributed by atoms with Crippen LogP contribution in [-0.4, -0.2) is 50.6 Å². The van der Waals surface area contributed by atoms with Crippen LogP contribution in [0.15, 0.2) is 48.5 Å². The summed E-state index contributed by atoms with van der Waals surface area (Å²) in [5, 5.41) is 5.85. The Balaban J connectivity index is 1.45. The van der Waals surface area contributed by atoms with Crippen molar-refractivity contribution < 1.29 is 19.1 Å². The molecular formula is C22H27N3O4. The van der Waals surface area contributed by atoms with Gasteiger partial charge in [-0.25, -0.2) is 0 Å². The highest BCUT2D eigenvalue weighted by Gasteiger charge is 2.26. The van der Waals surface area contributed by atoms with Crippen molar-refractivity contribution in [2.75, 3.05) is 44.5 Å². The first-order valence-corrected chi connectivity index (χ1v) is 9.69. The maximum Gasteiger partial charge on any atom is 0.238 e. The number of nitrogens with zero attached hydrogens (tertiary/aromatic N) is 1. The standard InChI is InChI=1S/C22H27N3O4/c1-28-19-9-8-18(14-20(19)29-2)23-21(26)15-25-12-10-16(11-13-25)22(27)24-17-6-4-3-5-7-17/h3-9,14,16H,10-13,15H2,1-2H3,(H,23,26)(H,24,27). The summed E-state index contributed by atoms with van der Waals surface area (Å²) in [5.41, 5.74) is 1.47. The Hall–Kier alpha value is -3.06. The van der Waals surface area contributed by atoms with Gasteiger partial charge in [-0.2, -0.15) is 0 Å². The minimum Gasteiger partial charge on any atom is -0.493 e. The molecule has 7 nitrogen and oxygen atoms in total. The van der Waals surface area contributed by atoms with Gasteiger partial charge in [0.1, 0.15) is 0 Å². The fraction of sp³-hybridized carbons (Fsp3) is 0.364. The molecule has 0 atom stereocenters. The maximum absolute atomic E-state index is 12.4. The van der Waals surface area contributed by atoms with Crippen LogP contribution >= 0.6 is 0 Å². The number of likely N-dealkylation sites (tertiary alicyclic amines) is 1. The van der Waals surface area contributed by atoms with E-state index in [1.807, 2.05) is 30.3 Å². The highest BCUT2D eigenvalue weighted by atomic mass is 16.5. The van der Waals surface area contributed by atoms with E-state index in [4.69, 9.17) is 9.47 Å². The van der Waals surface area contributed by atoms with Crippen LogP contribution in [0, 0.1) is 5.92 Å². The van der Waals surface area contributed by atoms with Crippen LogP contribution in [0.3, 0.4) is 0 Å². The van der Waals surface area contributed by atoms with Crippen LogP contribution in [0.2, 0.25) is 0 Å². The summed E-state index contributed by atoms with van der Waals surface area (Å²) in [6.45, 7) is 1.72. The van der Waals surface area contributed by atoms with E-state index in [1.165, 1.54) is 0 Å². The minimum atomic E-state index is -0.0931. The van der Waals surface area contributed by atoms with Gasteiger partial charge in [-0.05, 0) is 50.2 Å². The molecule has 154 valence electrons. The normalized spacial score (nSPS) is 14.8. The Morgan fingerprint density at radius 3 is 2.28 bits per heavy atom. The van der Waals surface area contributed by atoms with Crippen molar-refractivity contribution in [3.05, 3.63) is 48.5 Å². The van der Waals surface area contributed by atoms with Crippen molar-refractivity contribution in [1.82, 2.24) is 4.90 Å². The third kappa shape index (κ3) is 5.71. The molecule has 1 fully saturated rings. The van der Waals surface area contributed by atoms with E-state index in [1.54, 1.807) is 32.4 Å². The van der Waals surface area contributed by atoms with E-state index in [9.17, 15) is 9.59 Å². The molecule has 2 amide bonds. The molecule has 2 aromatic rings. The van der Waals surface area contributed by atoms with Crippen LogP contribution in [0.1, 0.15) is 12.8 Å². The molecule has 0 spiro atoms. The molecule has 0 unspecified atom stereocenters. The van der Waals surface area contributed by atoms with Gasteiger partial charge in [0.05, 0.1) is 20.8 Å². The number of nitrogens with one attached hydrogen (secondary N) is 2. The smallest absolute Gasteiger partial charge is 0.238 e. The Morgan fingerprint density at radius 2 is 1.62 bits per heavy atom. The number of para-hydroxylation sites is 1. The number of piperidine rings is 1. The van der Waals surface area contributed by atoms with Gasteiger partial charge in [-0.15, -0.1) is 0 Å². The summed E-state index contributed by atoms with van der Waals surface area (Å²) in [7, 11) is 3.13. The second-order valence-electron chi connectivity index (χ2n) is 7.02. The van der Waals surface area contributed by atoms with Crippen LogP contribution < -0.4 is 20.1 Å². The highest BCUT2D eigenvalue weighted by molar-refractivity contribution is 5.93. The monoisotopic (exact) mass is 397 g/mol. The molecule has 0 aliphatic carbocycles. The minimum absolute atomic E-state index is 0.0274. The molecule has 1 heterocycles. The molecule has 1 aliphatic rings. The Bertz CT molecular complexity index is 833. The summed E-state index contributed by atoms with van der Waals surface area (Å²) in [4.78, 5) is 26.9. The molecule has 1 aliphatic heterocycles. The van der Waals surface area contributed by atoms with Crippen LogP contribution in [0.4, 0.5) is 11.4 Å². The van der Waals surface area contributed by atoms with Gasteiger partial charge in [0.25, 0.3) is 0 Å². The third-order valence-electron chi connectivity index (χ3n) is 5.03. The van der Waals surface area contributed by atoms with Crippen LogP contribution in [0.5, 0.6) is 11.5 Å². The van der Waals surface area contributed by atoms with Crippen LogP contribution in [-0.2, 0) is 9.59 Å². The Kier molecular flexibility index (Phi) is 7.08. The molecule has 0 radical (unpaired) electrons. The molecule has 1 saturated heterocycles. The van der Waals surface area contributed by atoms with E-state index in [0.717, 1.165) is 18.5 Å². The summed E-state index contributed by atoms with van der Waals surface area (Å²) in [6.07, 6.45) is 1.48. The predicted molar refractivity (Wildman–Crippen MR) is 112 cm³/mol. The maximum atomic E-state index is 12.4. The first-order valence-electron chi connectivity index (χ1n) is 9.69. The zero-order valence-electron chi connectivity index (χ0n) is 16.8. The van der Waals surface area contributed by atoms with Gasteiger partial charge < -0.3 is 20.1 Å². The largest absolute Gasteiger partial charge is 0.493 e. The number of anilines is 2. The molecule has 29 heavy (non-hydrogen) atoms. The number of rotatable bonds is 7. The van der Waals surface area contributed by atoms with Crippen molar-refractivity contribution in [3.63, 3.8) is 0 Å². The lowest BCUT2D eigenvalue weighted by atomic mass is 9.96. The number of amides is 2. The number of ether oxygens (including phenoxy) is 2. The van der Waals surface area contributed by atoms with E-state index in [-0.39, 0.29) is 17.7 Å². The van der Waals surface area contributed by atoms with Crippen LogP contribution in [0.25, 0.3) is 0 Å². The average Bonchev–Trinajstić information content (AvgIpc) is 2.74. The zero-order valence-corrected chi connectivity index (χ0v) is 16.8. The number of benzene rings is 2. The van der Waals surface area contributed by atoms with Crippen molar-refractivity contribution >= 4 is 23.2 Å². The lowest BCUT2D eigenvalue weighted by Gasteiger charge is -2.30. The number of hydrogen-bond acceptors (Lipinski definition) is 5. The first-order chi connectivity index (χ1) is 14.1.